The Balaban J connectivity index is 5.46. The van der Waals surface area contributed by atoms with Crippen LogP contribution >= 0.6 is 0 Å². The first-order valence-electron chi connectivity index (χ1n) is 6.59. The third-order valence-electron chi connectivity index (χ3n) is 5.99. The maximum absolute atomic E-state index is 11.0. The van der Waals surface area contributed by atoms with E-state index in [2.05, 4.69) is 55.4 Å². The largest absolute Gasteiger partial charge is 0.389 e. The monoisotopic (exact) mass is 228 g/mol. The molecule has 0 aromatic rings. The molecule has 0 bridgehead atoms. The Labute approximate surface area is 103 Å². The quantitative estimate of drug-likeness (QED) is 0.727. The molecular weight excluding hydrogens is 196 g/mol. The molecule has 0 saturated heterocycles. The van der Waals surface area contributed by atoms with Gasteiger partial charge < -0.3 is 5.11 Å². The highest BCUT2D eigenvalue weighted by Gasteiger charge is 2.55. The van der Waals surface area contributed by atoms with E-state index in [0.29, 0.717) is 0 Å². The molecule has 0 rings (SSSR count). The van der Waals surface area contributed by atoms with Gasteiger partial charge in [0.1, 0.15) is 0 Å². The van der Waals surface area contributed by atoms with Crippen LogP contribution in [0.1, 0.15) is 75.2 Å². The first-order chi connectivity index (χ1) is 6.87. The Hall–Kier alpha value is -0.0400. The van der Waals surface area contributed by atoms with Gasteiger partial charge in [0, 0.05) is 0 Å². The number of hydrogen-bond donors (Lipinski definition) is 1. The molecule has 1 heteroatoms. The molecule has 98 valence electrons. The predicted molar refractivity (Wildman–Crippen MR) is 72.5 cm³/mol. The number of rotatable bonds is 5. The van der Waals surface area contributed by atoms with E-state index in [4.69, 9.17) is 0 Å². The summed E-state index contributed by atoms with van der Waals surface area (Å²) in [7, 11) is 0. The van der Waals surface area contributed by atoms with Crippen LogP contribution < -0.4 is 0 Å². The lowest BCUT2D eigenvalue weighted by Crippen LogP contribution is -2.58. The summed E-state index contributed by atoms with van der Waals surface area (Å²) in [4.78, 5) is 0. The van der Waals surface area contributed by atoms with Crippen LogP contribution in [0.3, 0.4) is 0 Å². The van der Waals surface area contributed by atoms with E-state index in [1.165, 1.54) is 0 Å². The SMILES string of the molecule is CCC(C)(C)C(C)(C)C(C)(O)C(C)(C)CC. The second-order valence-corrected chi connectivity index (χ2v) is 7.17. The van der Waals surface area contributed by atoms with Crippen molar-refractivity contribution in [3.63, 3.8) is 0 Å². The highest BCUT2D eigenvalue weighted by Crippen LogP contribution is 2.55. The van der Waals surface area contributed by atoms with Gasteiger partial charge in [-0.2, -0.15) is 0 Å². The van der Waals surface area contributed by atoms with Crippen LogP contribution in [0.25, 0.3) is 0 Å². The summed E-state index contributed by atoms with van der Waals surface area (Å²) in [6, 6.07) is 0. The summed E-state index contributed by atoms with van der Waals surface area (Å²) in [5.74, 6) is 0. The molecule has 0 aliphatic carbocycles. The number of hydrogen-bond acceptors (Lipinski definition) is 1. The zero-order valence-corrected chi connectivity index (χ0v) is 12.9. The zero-order valence-electron chi connectivity index (χ0n) is 12.9. The third kappa shape index (κ3) is 2.16. The van der Waals surface area contributed by atoms with Gasteiger partial charge in [-0.25, -0.2) is 0 Å². The lowest BCUT2D eigenvalue weighted by molar-refractivity contribution is -0.181. The van der Waals surface area contributed by atoms with Gasteiger partial charge in [-0.3, -0.25) is 0 Å². The smallest absolute Gasteiger partial charge is 0.0726 e. The average molecular weight is 228 g/mol. The summed E-state index contributed by atoms with van der Waals surface area (Å²) in [6.45, 7) is 19.6. The van der Waals surface area contributed by atoms with E-state index in [9.17, 15) is 5.11 Å². The van der Waals surface area contributed by atoms with Gasteiger partial charge in [0.25, 0.3) is 0 Å². The van der Waals surface area contributed by atoms with Crippen LogP contribution in [-0.2, 0) is 0 Å². The van der Waals surface area contributed by atoms with E-state index in [1.54, 1.807) is 0 Å². The molecule has 0 fully saturated rings. The Bertz CT molecular complexity index is 208. The van der Waals surface area contributed by atoms with Crippen molar-refractivity contribution < 1.29 is 5.11 Å². The highest BCUT2D eigenvalue weighted by atomic mass is 16.3. The van der Waals surface area contributed by atoms with E-state index in [1.807, 2.05) is 6.92 Å². The fourth-order valence-electron chi connectivity index (χ4n) is 2.29. The fraction of sp³-hybridized carbons (Fsp3) is 1.00. The Morgan fingerprint density at radius 2 is 1.00 bits per heavy atom. The summed E-state index contributed by atoms with van der Waals surface area (Å²) in [5, 5.41) is 11.0. The van der Waals surface area contributed by atoms with Crippen molar-refractivity contribution in [3.8, 4) is 0 Å². The average Bonchev–Trinajstić information content (AvgIpc) is 2.16. The third-order valence-corrected chi connectivity index (χ3v) is 5.99. The summed E-state index contributed by atoms with van der Waals surface area (Å²) in [6.07, 6.45) is 2.07. The maximum Gasteiger partial charge on any atom is 0.0726 e. The molecule has 0 saturated carbocycles. The second-order valence-electron chi connectivity index (χ2n) is 7.17. The van der Waals surface area contributed by atoms with Gasteiger partial charge in [-0.15, -0.1) is 0 Å². The summed E-state index contributed by atoms with van der Waals surface area (Å²) >= 11 is 0. The van der Waals surface area contributed by atoms with E-state index >= 15 is 0 Å². The molecule has 16 heavy (non-hydrogen) atoms. The molecule has 1 nitrogen and oxygen atoms in total. The second kappa shape index (κ2) is 4.33. The van der Waals surface area contributed by atoms with Crippen molar-refractivity contribution in [2.24, 2.45) is 16.2 Å². The van der Waals surface area contributed by atoms with Crippen LogP contribution in [0.5, 0.6) is 0 Å². The minimum Gasteiger partial charge on any atom is -0.389 e. The van der Waals surface area contributed by atoms with Crippen LogP contribution in [0.2, 0.25) is 0 Å². The van der Waals surface area contributed by atoms with Gasteiger partial charge in [0.05, 0.1) is 5.60 Å². The van der Waals surface area contributed by atoms with Crippen molar-refractivity contribution in [1.82, 2.24) is 0 Å². The van der Waals surface area contributed by atoms with Gasteiger partial charge in [-0.05, 0) is 29.6 Å². The van der Waals surface area contributed by atoms with Gasteiger partial charge >= 0.3 is 0 Å². The molecule has 0 spiro atoms. The molecule has 0 heterocycles. The van der Waals surface area contributed by atoms with E-state index < -0.39 is 5.60 Å². The van der Waals surface area contributed by atoms with Crippen molar-refractivity contribution in [2.75, 3.05) is 0 Å². The fourth-order valence-corrected chi connectivity index (χ4v) is 2.29. The lowest BCUT2D eigenvalue weighted by atomic mass is 9.51. The van der Waals surface area contributed by atoms with Gasteiger partial charge in [0.15, 0.2) is 0 Å². The molecular formula is C15H32O. The van der Waals surface area contributed by atoms with E-state index in [-0.39, 0.29) is 16.2 Å². The molecule has 0 aliphatic rings. The summed E-state index contributed by atoms with van der Waals surface area (Å²) < 4.78 is 0. The molecule has 0 aromatic heterocycles. The molecule has 1 N–H and O–H groups in total. The van der Waals surface area contributed by atoms with E-state index in [0.717, 1.165) is 12.8 Å². The van der Waals surface area contributed by atoms with Crippen molar-refractivity contribution in [3.05, 3.63) is 0 Å². The standard InChI is InChI=1S/C15H32O/c1-10-12(3,4)14(7,8)15(9,16)13(5,6)11-2/h16H,10-11H2,1-9H3. The molecule has 1 atom stereocenters. The molecule has 0 aliphatic heterocycles. The molecule has 0 aromatic carbocycles. The molecule has 0 radical (unpaired) electrons. The Morgan fingerprint density at radius 3 is 1.25 bits per heavy atom. The first-order valence-corrected chi connectivity index (χ1v) is 6.59. The normalized spacial score (nSPS) is 18.4. The Morgan fingerprint density at radius 1 is 0.688 bits per heavy atom. The molecule has 1 unspecified atom stereocenters. The minimum absolute atomic E-state index is 0.0665. The topological polar surface area (TPSA) is 20.2 Å². The van der Waals surface area contributed by atoms with Crippen molar-refractivity contribution >= 4 is 0 Å². The van der Waals surface area contributed by atoms with Gasteiger partial charge in [0.2, 0.25) is 0 Å². The number of aliphatic hydroxyl groups is 1. The summed E-state index contributed by atoms with van der Waals surface area (Å²) in [5.41, 5.74) is -0.728. The Kier molecular flexibility index (Phi) is 4.32. The van der Waals surface area contributed by atoms with Crippen LogP contribution in [0, 0.1) is 16.2 Å². The maximum atomic E-state index is 11.0. The van der Waals surface area contributed by atoms with Crippen LogP contribution in [0.4, 0.5) is 0 Å². The minimum atomic E-state index is -0.672. The first kappa shape index (κ1) is 16.0. The van der Waals surface area contributed by atoms with Crippen LogP contribution in [-0.4, -0.2) is 10.7 Å². The lowest BCUT2D eigenvalue weighted by Gasteiger charge is -2.57. The molecule has 0 amide bonds. The van der Waals surface area contributed by atoms with Crippen molar-refractivity contribution in [2.45, 2.75) is 80.8 Å². The highest BCUT2D eigenvalue weighted by molar-refractivity contribution is 5.05. The van der Waals surface area contributed by atoms with Gasteiger partial charge in [-0.1, -0.05) is 61.8 Å². The van der Waals surface area contributed by atoms with Crippen LogP contribution in [0.15, 0.2) is 0 Å². The predicted octanol–water partition coefficient (Wildman–Crippen LogP) is 4.64. The van der Waals surface area contributed by atoms with Crippen molar-refractivity contribution in [1.29, 1.82) is 0 Å². The zero-order chi connectivity index (χ0) is 13.4.